The Bertz CT molecular complexity index is 1030. The maximum absolute atomic E-state index is 11.1. The Balaban J connectivity index is 1.73. The number of aromatic carboxylic acids is 2. The van der Waals surface area contributed by atoms with E-state index in [4.69, 9.17) is 14.9 Å². The number of rotatable bonds is 7. The Kier molecular flexibility index (Phi) is 5.81. The molecular weight excluding hydrogens is 358 g/mol. The minimum Gasteiger partial charge on any atom is -0.488 e. The summed E-state index contributed by atoms with van der Waals surface area (Å²) < 4.78 is 5.84. The lowest BCUT2D eigenvalue weighted by atomic mass is 10.1. The molecule has 0 aliphatic heterocycles. The van der Waals surface area contributed by atoms with E-state index in [-0.39, 0.29) is 17.7 Å². The molecule has 3 aromatic rings. The van der Waals surface area contributed by atoms with Gasteiger partial charge in [-0.25, -0.2) is 9.59 Å². The normalized spacial score (nSPS) is 10.7. The number of para-hydroxylation sites is 1. The third kappa shape index (κ3) is 4.82. The molecule has 0 fully saturated rings. The molecule has 28 heavy (non-hydrogen) atoms. The second-order valence-electron chi connectivity index (χ2n) is 5.94. The van der Waals surface area contributed by atoms with Crippen molar-refractivity contribution >= 4 is 23.8 Å². The first-order valence-corrected chi connectivity index (χ1v) is 8.44. The molecule has 0 bridgehead atoms. The lowest BCUT2D eigenvalue weighted by Crippen LogP contribution is -2.00. The van der Waals surface area contributed by atoms with Crippen molar-refractivity contribution in [2.24, 2.45) is 4.99 Å². The van der Waals surface area contributed by atoms with Crippen molar-refractivity contribution < 1.29 is 24.5 Å². The zero-order chi connectivity index (χ0) is 19.9. The van der Waals surface area contributed by atoms with E-state index in [2.05, 4.69) is 4.99 Å². The number of hydrogen-bond donors (Lipinski definition) is 2. The summed E-state index contributed by atoms with van der Waals surface area (Å²) >= 11 is 0. The molecule has 6 heteroatoms. The number of carboxylic acids is 2. The molecule has 0 spiro atoms. The fourth-order valence-corrected chi connectivity index (χ4v) is 2.49. The van der Waals surface area contributed by atoms with Gasteiger partial charge >= 0.3 is 11.9 Å². The molecule has 0 saturated heterocycles. The van der Waals surface area contributed by atoms with Crippen LogP contribution in [0.2, 0.25) is 0 Å². The predicted octanol–water partition coefficient (Wildman–Crippen LogP) is 4.41. The van der Waals surface area contributed by atoms with Crippen molar-refractivity contribution in [3.05, 3.63) is 95.1 Å². The predicted molar refractivity (Wildman–Crippen MR) is 105 cm³/mol. The average Bonchev–Trinajstić information content (AvgIpc) is 2.71. The van der Waals surface area contributed by atoms with Gasteiger partial charge in [0.25, 0.3) is 0 Å². The first-order valence-electron chi connectivity index (χ1n) is 8.44. The zero-order valence-electron chi connectivity index (χ0n) is 14.8. The van der Waals surface area contributed by atoms with E-state index < -0.39 is 11.9 Å². The zero-order valence-corrected chi connectivity index (χ0v) is 14.8. The van der Waals surface area contributed by atoms with Crippen LogP contribution in [0.3, 0.4) is 0 Å². The van der Waals surface area contributed by atoms with Gasteiger partial charge in [-0.3, -0.25) is 4.99 Å². The van der Waals surface area contributed by atoms with Crippen LogP contribution in [0.15, 0.2) is 77.8 Å². The highest BCUT2D eigenvalue weighted by Crippen LogP contribution is 2.20. The summed E-state index contributed by atoms with van der Waals surface area (Å²) in [5.41, 5.74) is 2.50. The minimum absolute atomic E-state index is 0.170. The minimum atomic E-state index is -1.00. The van der Waals surface area contributed by atoms with Gasteiger partial charge in [0.1, 0.15) is 12.4 Å². The SMILES string of the molecule is O=C(O)c1ccc(COc2ccccc2C=Nc2cccc(C(=O)O)c2)cc1. The third-order valence-electron chi connectivity index (χ3n) is 3.96. The molecule has 0 unspecified atom stereocenters. The van der Waals surface area contributed by atoms with Crippen molar-refractivity contribution in [1.29, 1.82) is 0 Å². The third-order valence-corrected chi connectivity index (χ3v) is 3.96. The highest BCUT2D eigenvalue weighted by molar-refractivity contribution is 5.90. The molecule has 0 saturated carbocycles. The molecule has 6 nitrogen and oxygen atoms in total. The first kappa shape index (κ1) is 18.8. The quantitative estimate of drug-likeness (QED) is 0.596. The molecule has 2 N–H and O–H groups in total. The van der Waals surface area contributed by atoms with E-state index in [1.807, 2.05) is 18.2 Å². The van der Waals surface area contributed by atoms with Crippen LogP contribution in [0.5, 0.6) is 5.75 Å². The van der Waals surface area contributed by atoms with E-state index in [0.29, 0.717) is 11.4 Å². The number of ether oxygens (including phenoxy) is 1. The molecular formula is C22H17NO5. The van der Waals surface area contributed by atoms with Crippen molar-refractivity contribution in [1.82, 2.24) is 0 Å². The molecule has 0 atom stereocenters. The van der Waals surface area contributed by atoms with E-state index >= 15 is 0 Å². The summed E-state index contributed by atoms with van der Waals surface area (Å²) in [4.78, 5) is 26.3. The van der Waals surface area contributed by atoms with Gasteiger partial charge in [0.2, 0.25) is 0 Å². The van der Waals surface area contributed by atoms with Crippen LogP contribution < -0.4 is 4.74 Å². The number of carbonyl (C=O) groups is 2. The maximum atomic E-state index is 11.1. The van der Waals surface area contributed by atoms with Crippen molar-refractivity contribution in [2.75, 3.05) is 0 Å². The molecule has 3 rings (SSSR count). The van der Waals surface area contributed by atoms with Gasteiger partial charge in [0, 0.05) is 11.8 Å². The smallest absolute Gasteiger partial charge is 0.335 e. The van der Waals surface area contributed by atoms with Gasteiger partial charge in [-0.1, -0.05) is 30.3 Å². The van der Waals surface area contributed by atoms with Crippen LogP contribution in [0, 0.1) is 0 Å². The van der Waals surface area contributed by atoms with Gasteiger partial charge in [-0.2, -0.15) is 0 Å². The maximum Gasteiger partial charge on any atom is 0.335 e. The van der Waals surface area contributed by atoms with Crippen molar-refractivity contribution in [3.63, 3.8) is 0 Å². The Morgan fingerprint density at radius 2 is 1.57 bits per heavy atom. The van der Waals surface area contributed by atoms with Gasteiger partial charge in [-0.05, 0) is 48.0 Å². The number of benzene rings is 3. The van der Waals surface area contributed by atoms with Crippen LogP contribution in [0.1, 0.15) is 31.8 Å². The van der Waals surface area contributed by atoms with E-state index in [1.54, 1.807) is 36.5 Å². The van der Waals surface area contributed by atoms with Crippen LogP contribution in [-0.4, -0.2) is 28.4 Å². The highest BCUT2D eigenvalue weighted by atomic mass is 16.5. The Labute approximate surface area is 161 Å². The summed E-state index contributed by atoms with van der Waals surface area (Å²) in [5.74, 6) is -1.36. The molecule has 0 amide bonds. The highest BCUT2D eigenvalue weighted by Gasteiger charge is 2.05. The molecule has 0 aliphatic rings. The Hall–Kier alpha value is -3.93. The van der Waals surface area contributed by atoms with E-state index in [0.717, 1.165) is 11.1 Å². The number of hydrogen-bond acceptors (Lipinski definition) is 4. The molecule has 0 aromatic heterocycles. The molecule has 140 valence electrons. The summed E-state index contributed by atoms with van der Waals surface area (Å²) in [6.07, 6.45) is 1.61. The van der Waals surface area contributed by atoms with Gasteiger partial charge in [0.15, 0.2) is 0 Å². The lowest BCUT2D eigenvalue weighted by molar-refractivity contribution is 0.0686. The van der Waals surface area contributed by atoms with Gasteiger partial charge < -0.3 is 14.9 Å². The average molecular weight is 375 g/mol. The van der Waals surface area contributed by atoms with Crippen LogP contribution in [0.25, 0.3) is 0 Å². The summed E-state index contributed by atoms with van der Waals surface area (Å²) in [6, 6.07) is 20.2. The first-order chi connectivity index (χ1) is 13.5. The lowest BCUT2D eigenvalue weighted by Gasteiger charge is -2.09. The second kappa shape index (κ2) is 8.64. The molecule has 3 aromatic carbocycles. The molecule has 0 aliphatic carbocycles. The fraction of sp³-hybridized carbons (Fsp3) is 0.0455. The summed E-state index contributed by atoms with van der Waals surface area (Å²) in [5, 5.41) is 18.0. The Morgan fingerprint density at radius 1 is 0.857 bits per heavy atom. The van der Waals surface area contributed by atoms with Crippen LogP contribution in [0.4, 0.5) is 5.69 Å². The number of nitrogens with zero attached hydrogens (tertiary/aromatic N) is 1. The second-order valence-corrected chi connectivity index (χ2v) is 5.94. The van der Waals surface area contributed by atoms with E-state index in [9.17, 15) is 9.59 Å². The molecule has 0 heterocycles. The van der Waals surface area contributed by atoms with Crippen molar-refractivity contribution in [2.45, 2.75) is 6.61 Å². The fourth-order valence-electron chi connectivity index (χ4n) is 2.49. The Morgan fingerprint density at radius 3 is 2.29 bits per heavy atom. The standard InChI is InChI=1S/C22H17NO5/c24-21(25)16-10-8-15(9-11-16)14-28-20-7-2-1-4-18(20)13-23-19-6-3-5-17(12-19)22(26)27/h1-13H,14H2,(H,24,25)(H,26,27). The van der Waals surface area contributed by atoms with Crippen molar-refractivity contribution in [3.8, 4) is 5.75 Å². The van der Waals surface area contributed by atoms with Gasteiger partial charge in [0.05, 0.1) is 16.8 Å². The van der Waals surface area contributed by atoms with E-state index in [1.165, 1.54) is 24.3 Å². The number of carboxylic acid groups (broad SMARTS) is 2. The largest absolute Gasteiger partial charge is 0.488 e. The van der Waals surface area contributed by atoms with Gasteiger partial charge in [-0.15, -0.1) is 0 Å². The summed E-state index contributed by atoms with van der Waals surface area (Å²) in [6.45, 7) is 0.277. The number of aliphatic imine (C=N–C) groups is 1. The summed E-state index contributed by atoms with van der Waals surface area (Å²) in [7, 11) is 0. The topological polar surface area (TPSA) is 96.2 Å². The molecule has 0 radical (unpaired) electrons. The monoisotopic (exact) mass is 375 g/mol. The van der Waals surface area contributed by atoms with Crippen LogP contribution in [-0.2, 0) is 6.61 Å². The van der Waals surface area contributed by atoms with Crippen LogP contribution >= 0.6 is 0 Å².